The third-order valence-electron chi connectivity index (χ3n) is 5.89. The predicted molar refractivity (Wildman–Crippen MR) is 128 cm³/mol. The molecule has 2 aromatic rings. The number of nitrogens with one attached hydrogen (secondary N) is 4. The first-order valence-electron chi connectivity index (χ1n) is 11.9. The Bertz CT molecular complexity index is 1070. The van der Waals surface area contributed by atoms with Gasteiger partial charge in [-0.1, -0.05) is 19.9 Å². The van der Waals surface area contributed by atoms with E-state index in [1.807, 2.05) is 39.0 Å². The molecule has 0 aliphatic carbocycles. The van der Waals surface area contributed by atoms with Crippen LogP contribution in [0.25, 0.3) is 10.9 Å². The van der Waals surface area contributed by atoms with Crippen LogP contribution < -0.4 is 20.7 Å². The van der Waals surface area contributed by atoms with Gasteiger partial charge in [0.2, 0.25) is 11.8 Å². The van der Waals surface area contributed by atoms with Crippen LogP contribution in [-0.2, 0) is 9.59 Å². The van der Waals surface area contributed by atoms with Crippen molar-refractivity contribution in [1.29, 1.82) is 5.26 Å². The summed E-state index contributed by atoms with van der Waals surface area (Å²) in [5, 5.41) is 18.7. The van der Waals surface area contributed by atoms with E-state index >= 15 is 0 Å². The minimum Gasteiger partial charge on any atom is -0.493 e. The van der Waals surface area contributed by atoms with E-state index in [4.69, 9.17) is 4.74 Å². The number of hydrogen-bond donors (Lipinski definition) is 4. The van der Waals surface area contributed by atoms with Crippen molar-refractivity contribution in [2.24, 2.45) is 11.8 Å². The molecule has 3 amide bonds. The van der Waals surface area contributed by atoms with Crippen LogP contribution in [0.1, 0.15) is 56.9 Å². The maximum Gasteiger partial charge on any atom is 0.268 e. The Morgan fingerprint density at radius 2 is 2.09 bits per heavy atom. The number of hydrogen-bond acceptors (Lipinski definition) is 5. The summed E-state index contributed by atoms with van der Waals surface area (Å²) < 4.78 is 5.64. The van der Waals surface area contributed by atoms with Gasteiger partial charge in [0.15, 0.2) is 0 Å². The lowest BCUT2D eigenvalue weighted by molar-refractivity contribution is -0.128. The SMILES string of the molecule is CCOc1cccc2[nH]c(C(=O)N[C@@H](CC(C)C)C(=O)N[C@H](C#N)C[C@@H]3CCCNC3=O)cc12. The van der Waals surface area contributed by atoms with Crippen molar-refractivity contribution in [3.05, 3.63) is 30.0 Å². The van der Waals surface area contributed by atoms with E-state index < -0.39 is 23.9 Å². The number of aromatic nitrogens is 1. The molecule has 1 saturated heterocycles. The average Bonchev–Trinajstić information content (AvgIpc) is 3.25. The van der Waals surface area contributed by atoms with E-state index in [2.05, 4.69) is 27.0 Å². The summed E-state index contributed by atoms with van der Waals surface area (Å²) in [6, 6.07) is 7.70. The Hall–Kier alpha value is -3.54. The molecular formula is C25H33N5O4. The molecular weight excluding hydrogens is 434 g/mol. The number of nitriles is 1. The van der Waals surface area contributed by atoms with Gasteiger partial charge in [-0.15, -0.1) is 0 Å². The first kappa shape index (κ1) is 25.1. The Kier molecular flexibility index (Phi) is 8.52. The third-order valence-corrected chi connectivity index (χ3v) is 5.89. The van der Waals surface area contributed by atoms with Gasteiger partial charge in [0, 0.05) is 23.4 Å². The molecule has 182 valence electrons. The smallest absolute Gasteiger partial charge is 0.268 e. The van der Waals surface area contributed by atoms with Crippen molar-refractivity contribution in [3.8, 4) is 11.8 Å². The third kappa shape index (κ3) is 6.28. The summed E-state index contributed by atoms with van der Waals surface area (Å²) in [7, 11) is 0. The predicted octanol–water partition coefficient (Wildman–Crippen LogP) is 2.64. The first-order chi connectivity index (χ1) is 16.3. The van der Waals surface area contributed by atoms with Crippen LogP contribution in [0.5, 0.6) is 5.75 Å². The molecule has 1 aliphatic heterocycles. The van der Waals surface area contributed by atoms with Gasteiger partial charge in [0.25, 0.3) is 5.91 Å². The van der Waals surface area contributed by atoms with E-state index in [9.17, 15) is 19.6 Å². The Morgan fingerprint density at radius 1 is 1.29 bits per heavy atom. The molecule has 1 aliphatic rings. The second-order valence-electron chi connectivity index (χ2n) is 9.05. The minimum atomic E-state index is -0.818. The highest BCUT2D eigenvalue weighted by Gasteiger charge is 2.29. The zero-order valence-electron chi connectivity index (χ0n) is 19.9. The van der Waals surface area contributed by atoms with Gasteiger partial charge >= 0.3 is 0 Å². The number of amides is 3. The van der Waals surface area contributed by atoms with Gasteiger partial charge in [0.05, 0.1) is 12.7 Å². The number of carbonyl (C=O) groups is 3. The van der Waals surface area contributed by atoms with Gasteiger partial charge in [-0.25, -0.2) is 0 Å². The fourth-order valence-electron chi connectivity index (χ4n) is 4.23. The summed E-state index contributed by atoms with van der Waals surface area (Å²) in [5.41, 5.74) is 1.08. The molecule has 4 N–H and O–H groups in total. The highest BCUT2D eigenvalue weighted by molar-refractivity contribution is 6.01. The molecule has 0 bridgehead atoms. The lowest BCUT2D eigenvalue weighted by atomic mass is 9.91. The number of carbonyl (C=O) groups excluding carboxylic acids is 3. The molecule has 0 saturated carbocycles. The number of rotatable bonds is 10. The largest absolute Gasteiger partial charge is 0.493 e. The summed E-state index contributed by atoms with van der Waals surface area (Å²) in [4.78, 5) is 41.2. The monoisotopic (exact) mass is 467 g/mol. The maximum absolute atomic E-state index is 13.0. The van der Waals surface area contributed by atoms with Crippen molar-refractivity contribution in [2.45, 2.75) is 58.5 Å². The number of piperidine rings is 1. The van der Waals surface area contributed by atoms with Crippen LogP contribution in [-0.4, -0.2) is 47.9 Å². The zero-order chi connectivity index (χ0) is 24.7. The quantitative estimate of drug-likeness (QED) is 0.426. The van der Waals surface area contributed by atoms with Crippen molar-refractivity contribution in [1.82, 2.24) is 20.9 Å². The second kappa shape index (κ2) is 11.5. The summed E-state index contributed by atoms with van der Waals surface area (Å²) in [6.07, 6.45) is 2.20. The molecule has 3 rings (SSSR count). The molecule has 3 atom stereocenters. The van der Waals surface area contributed by atoms with Crippen LogP contribution in [0.15, 0.2) is 24.3 Å². The van der Waals surface area contributed by atoms with Crippen LogP contribution in [0, 0.1) is 23.2 Å². The lowest BCUT2D eigenvalue weighted by Crippen LogP contribution is -2.51. The lowest BCUT2D eigenvalue weighted by Gasteiger charge is -2.25. The number of nitrogens with zero attached hydrogens (tertiary/aromatic N) is 1. The Balaban J connectivity index is 1.71. The van der Waals surface area contributed by atoms with E-state index in [0.29, 0.717) is 37.4 Å². The fourth-order valence-corrected chi connectivity index (χ4v) is 4.23. The van der Waals surface area contributed by atoms with Gasteiger partial charge in [0.1, 0.15) is 23.5 Å². The van der Waals surface area contributed by atoms with Gasteiger partial charge in [-0.05, 0) is 56.7 Å². The van der Waals surface area contributed by atoms with Gasteiger partial charge < -0.3 is 25.7 Å². The number of benzene rings is 1. The van der Waals surface area contributed by atoms with Gasteiger partial charge in [-0.2, -0.15) is 5.26 Å². The van der Waals surface area contributed by atoms with Crippen LogP contribution in [0.4, 0.5) is 0 Å². The summed E-state index contributed by atoms with van der Waals surface area (Å²) in [5.74, 6) is -0.431. The Morgan fingerprint density at radius 3 is 2.76 bits per heavy atom. The maximum atomic E-state index is 13.0. The zero-order valence-corrected chi connectivity index (χ0v) is 19.9. The van der Waals surface area contributed by atoms with Crippen molar-refractivity contribution in [3.63, 3.8) is 0 Å². The Labute approximate surface area is 199 Å². The van der Waals surface area contributed by atoms with Crippen LogP contribution in [0.2, 0.25) is 0 Å². The highest BCUT2D eigenvalue weighted by Crippen LogP contribution is 2.26. The molecule has 0 unspecified atom stereocenters. The molecule has 2 heterocycles. The van der Waals surface area contributed by atoms with Crippen LogP contribution >= 0.6 is 0 Å². The van der Waals surface area contributed by atoms with Crippen molar-refractivity contribution in [2.75, 3.05) is 13.2 Å². The molecule has 1 fully saturated rings. The number of aromatic amines is 1. The molecule has 9 heteroatoms. The van der Waals surface area contributed by atoms with Gasteiger partial charge in [-0.3, -0.25) is 14.4 Å². The van der Waals surface area contributed by atoms with E-state index in [1.165, 1.54) is 0 Å². The minimum absolute atomic E-state index is 0.0852. The normalized spacial score (nSPS) is 17.5. The van der Waals surface area contributed by atoms with E-state index in [0.717, 1.165) is 17.3 Å². The fraction of sp³-hybridized carbons (Fsp3) is 0.520. The summed E-state index contributed by atoms with van der Waals surface area (Å²) in [6.45, 7) is 6.95. The molecule has 1 aromatic heterocycles. The summed E-state index contributed by atoms with van der Waals surface area (Å²) >= 11 is 0. The van der Waals surface area contributed by atoms with Crippen LogP contribution in [0.3, 0.4) is 0 Å². The first-order valence-corrected chi connectivity index (χ1v) is 11.9. The molecule has 34 heavy (non-hydrogen) atoms. The number of fused-ring (bicyclic) bond motifs is 1. The number of ether oxygens (including phenoxy) is 1. The number of H-pyrrole nitrogens is 1. The van der Waals surface area contributed by atoms with E-state index in [1.54, 1.807) is 6.07 Å². The van der Waals surface area contributed by atoms with Crippen molar-refractivity contribution < 1.29 is 19.1 Å². The highest BCUT2D eigenvalue weighted by atomic mass is 16.5. The van der Waals surface area contributed by atoms with E-state index in [-0.39, 0.29) is 24.2 Å². The molecule has 0 radical (unpaired) electrons. The molecule has 1 aromatic carbocycles. The standard InChI is InChI=1S/C25H33N5O4/c1-4-34-22-9-5-8-19-18(22)13-21(29-19)25(33)30-20(11-15(2)3)24(32)28-17(14-26)12-16-7-6-10-27-23(16)31/h5,8-9,13,15-17,20,29H,4,6-7,10-12H2,1-3H3,(H,27,31)(H,28,32)(H,30,33)/t16-,17-,20-/m0/s1. The van der Waals surface area contributed by atoms with Crippen molar-refractivity contribution >= 4 is 28.6 Å². The second-order valence-corrected chi connectivity index (χ2v) is 9.05. The topological polar surface area (TPSA) is 136 Å². The molecule has 9 nitrogen and oxygen atoms in total. The average molecular weight is 468 g/mol. The molecule has 0 spiro atoms.